The van der Waals surface area contributed by atoms with Crippen LogP contribution in [-0.4, -0.2) is 41.1 Å². The molecule has 1 aliphatic heterocycles. The maximum absolute atomic E-state index is 12.6. The molecule has 0 atom stereocenters. The number of amides is 1. The summed E-state index contributed by atoms with van der Waals surface area (Å²) in [5.74, 6) is 1.81. The maximum atomic E-state index is 12.6. The number of likely N-dealkylation sites (tertiary alicyclic amines) is 1. The third kappa shape index (κ3) is 3.35. The predicted molar refractivity (Wildman–Crippen MR) is 99.4 cm³/mol. The van der Waals surface area contributed by atoms with Crippen molar-refractivity contribution in [3.63, 3.8) is 0 Å². The molecule has 3 aromatic rings. The molecule has 0 saturated carbocycles. The molecule has 1 saturated heterocycles. The summed E-state index contributed by atoms with van der Waals surface area (Å²) in [6, 6.07) is 11.2. The molecule has 7 heteroatoms. The molecule has 0 bridgehead atoms. The number of thiophene rings is 1. The molecule has 3 heterocycles. The monoisotopic (exact) mass is 369 g/mol. The van der Waals surface area contributed by atoms with Crippen molar-refractivity contribution in [2.75, 3.05) is 20.2 Å². The third-order valence-corrected chi connectivity index (χ3v) is 5.51. The number of hydrogen-bond acceptors (Lipinski definition) is 6. The SMILES string of the molecule is COc1ccc(-c2nc(-c3ccc(C(=O)N4CCCCC4)s3)no2)cc1. The number of rotatable bonds is 4. The van der Waals surface area contributed by atoms with Gasteiger partial charge in [-0.15, -0.1) is 11.3 Å². The lowest BCUT2D eigenvalue weighted by molar-refractivity contribution is 0.0729. The van der Waals surface area contributed by atoms with Gasteiger partial charge in [-0.1, -0.05) is 5.16 Å². The highest BCUT2D eigenvalue weighted by molar-refractivity contribution is 7.17. The minimum Gasteiger partial charge on any atom is -0.497 e. The zero-order valence-corrected chi connectivity index (χ0v) is 15.3. The lowest BCUT2D eigenvalue weighted by atomic mass is 10.1. The second-order valence-electron chi connectivity index (χ2n) is 6.17. The highest BCUT2D eigenvalue weighted by Gasteiger charge is 2.21. The Bertz CT molecular complexity index is 895. The normalized spacial score (nSPS) is 14.4. The molecule has 0 radical (unpaired) electrons. The van der Waals surface area contributed by atoms with Crippen molar-refractivity contribution in [2.45, 2.75) is 19.3 Å². The van der Waals surface area contributed by atoms with Crippen LogP contribution in [-0.2, 0) is 0 Å². The van der Waals surface area contributed by atoms with Crippen LogP contribution in [0, 0.1) is 0 Å². The van der Waals surface area contributed by atoms with Crippen LogP contribution in [0.5, 0.6) is 5.75 Å². The van der Waals surface area contributed by atoms with E-state index in [2.05, 4.69) is 10.1 Å². The van der Waals surface area contributed by atoms with Crippen LogP contribution in [0.2, 0.25) is 0 Å². The lowest BCUT2D eigenvalue weighted by Crippen LogP contribution is -2.35. The number of carbonyl (C=O) groups is 1. The van der Waals surface area contributed by atoms with Crippen LogP contribution in [0.4, 0.5) is 0 Å². The largest absolute Gasteiger partial charge is 0.497 e. The number of methoxy groups -OCH3 is 1. The summed E-state index contributed by atoms with van der Waals surface area (Å²) in [6.45, 7) is 1.69. The molecular weight excluding hydrogens is 350 g/mol. The lowest BCUT2D eigenvalue weighted by Gasteiger charge is -2.26. The standard InChI is InChI=1S/C19H19N3O3S/c1-24-14-7-5-13(6-8-14)18-20-17(21-25-18)15-9-10-16(26-15)19(23)22-11-3-2-4-12-22/h5-10H,2-4,11-12H2,1H3. The molecule has 2 aromatic heterocycles. The van der Waals surface area contributed by atoms with Gasteiger partial charge in [0.15, 0.2) is 0 Å². The summed E-state index contributed by atoms with van der Waals surface area (Å²) < 4.78 is 10.5. The van der Waals surface area contributed by atoms with Gasteiger partial charge in [0, 0.05) is 18.7 Å². The molecule has 1 aromatic carbocycles. The zero-order chi connectivity index (χ0) is 17.9. The predicted octanol–water partition coefficient (Wildman–Crippen LogP) is 4.10. The van der Waals surface area contributed by atoms with Gasteiger partial charge in [-0.2, -0.15) is 4.98 Å². The second kappa shape index (κ2) is 7.29. The van der Waals surface area contributed by atoms with Gasteiger partial charge in [-0.05, 0) is 55.7 Å². The Labute approximate surface area is 155 Å². The summed E-state index contributed by atoms with van der Waals surface area (Å²) in [6.07, 6.45) is 3.37. The molecule has 6 nitrogen and oxygen atoms in total. The van der Waals surface area contributed by atoms with Crippen molar-refractivity contribution < 1.29 is 14.1 Å². The Morgan fingerprint density at radius 1 is 1.12 bits per heavy atom. The van der Waals surface area contributed by atoms with E-state index in [0.29, 0.717) is 11.7 Å². The number of ether oxygens (including phenoxy) is 1. The number of nitrogens with zero attached hydrogens (tertiary/aromatic N) is 3. The van der Waals surface area contributed by atoms with Gasteiger partial charge < -0.3 is 14.2 Å². The van der Waals surface area contributed by atoms with E-state index in [9.17, 15) is 4.79 Å². The summed E-state index contributed by atoms with van der Waals surface area (Å²) in [5, 5.41) is 4.06. The summed E-state index contributed by atoms with van der Waals surface area (Å²) in [4.78, 5) is 20.5. The maximum Gasteiger partial charge on any atom is 0.263 e. The van der Waals surface area contributed by atoms with Crippen LogP contribution in [0.3, 0.4) is 0 Å². The van der Waals surface area contributed by atoms with Crippen molar-refractivity contribution in [3.05, 3.63) is 41.3 Å². The Morgan fingerprint density at radius 3 is 2.62 bits per heavy atom. The number of hydrogen-bond donors (Lipinski definition) is 0. The molecule has 4 rings (SSSR count). The first kappa shape index (κ1) is 16.8. The van der Waals surface area contributed by atoms with E-state index >= 15 is 0 Å². The number of carbonyl (C=O) groups excluding carboxylic acids is 1. The van der Waals surface area contributed by atoms with E-state index in [0.717, 1.165) is 47.0 Å². The van der Waals surface area contributed by atoms with Crippen LogP contribution in [0.1, 0.15) is 28.9 Å². The summed E-state index contributed by atoms with van der Waals surface area (Å²) >= 11 is 1.41. The molecular formula is C19H19N3O3S. The first-order chi connectivity index (χ1) is 12.7. The quantitative estimate of drug-likeness (QED) is 0.692. The molecule has 0 unspecified atom stereocenters. The van der Waals surface area contributed by atoms with Crippen LogP contribution in [0.15, 0.2) is 40.9 Å². The Balaban J connectivity index is 1.52. The van der Waals surface area contributed by atoms with E-state index in [1.807, 2.05) is 41.3 Å². The van der Waals surface area contributed by atoms with Gasteiger partial charge in [0.25, 0.3) is 11.8 Å². The highest BCUT2D eigenvalue weighted by atomic mass is 32.1. The third-order valence-electron chi connectivity index (χ3n) is 4.44. The summed E-state index contributed by atoms with van der Waals surface area (Å²) in [7, 11) is 1.62. The molecule has 1 aliphatic rings. The number of aromatic nitrogens is 2. The molecule has 1 amide bonds. The molecule has 0 N–H and O–H groups in total. The minimum absolute atomic E-state index is 0.0971. The first-order valence-electron chi connectivity index (χ1n) is 8.62. The summed E-state index contributed by atoms with van der Waals surface area (Å²) in [5.41, 5.74) is 0.825. The number of benzene rings is 1. The fourth-order valence-corrected chi connectivity index (χ4v) is 3.90. The van der Waals surface area contributed by atoms with Crippen molar-refractivity contribution >= 4 is 17.2 Å². The average molecular weight is 369 g/mol. The van der Waals surface area contributed by atoms with E-state index in [-0.39, 0.29) is 5.91 Å². The van der Waals surface area contributed by atoms with E-state index in [1.54, 1.807) is 7.11 Å². The van der Waals surface area contributed by atoms with Crippen molar-refractivity contribution in [1.29, 1.82) is 0 Å². The fraction of sp³-hybridized carbons (Fsp3) is 0.316. The smallest absolute Gasteiger partial charge is 0.263 e. The van der Waals surface area contributed by atoms with Crippen molar-refractivity contribution in [3.8, 4) is 27.9 Å². The second-order valence-corrected chi connectivity index (χ2v) is 7.25. The topological polar surface area (TPSA) is 68.5 Å². The Kier molecular flexibility index (Phi) is 4.71. The van der Waals surface area contributed by atoms with Gasteiger partial charge in [0.05, 0.1) is 16.9 Å². The van der Waals surface area contributed by atoms with Crippen LogP contribution >= 0.6 is 11.3 Å². The van der Waals surface area contributed by atoms with Crippen LogP contribution < -0.4 is 4.74 Å². The molecule has 0 spiro atoms. The van der Waals surface area contributed by atoms with Gasteiger partial charge in [0.1, 0.15) is 5.75 Å². The highest BCUT2D eigenvalue weighted by Crippen LogP contribution is 2.29. The molecule has 26 heavy (non-hydrogen) atoms. The Morgan fingerprint density at radius 2 is 1.88 bits per heavy atom. The fourth-order valence-electron chi connectivity index (χ4n) is 3.00. The Hall–Kier alpha value is -2.67. The van der Waals surface area contributed by atoms with E-state index in [1.165, 1.54) is 17.8 Å². The van der Waals surface area contributed by atoms with Gasteiger partial charge in [-0.3, -0.25) is 4.79 Å². The van der Waals surface area contributed by atoms with Gasteiger partial charge in [0.2, 0.25) is 5.82 Å². The van der Waals surface area contributed by atoms with Gasteiger partial charge >= 0.3 is 0 Å². The molecule has 134 valence electrons. The van der Waals surface area contributed by atoms with E-state index < -0.39 is 0 Å². The van der Waals surface area contributed by atoms with E-state index in [4.69, 9.17) is 9.26 Å². The van der Waals surface area contributed by atoms with Gasteiger partial charge in [-0.25, -0.2) is 0 Å². The zero-order valence-electron chi connectivity index (χ0n) is 14.5. The molecule has 1 fully saturated rings. The average Bonchev–Trinajstić information content (AvgIpc) is 3.38. The molecule has 0 aliphatic carbocycles. The van der Waals surface area contributed by atoms with Crippen molar-refractivity contribution in [1.82, 2.24) is 15.0 Å². The minimum atomic E-state index is 0.0971. The number of piperidine rings is 1. The first-order valence-corrected chi connectivity index (χ1v) is 9.44. The van der Waals surface area contributed by atoms with Crippen LogP contribution in [0.25, 0.3) is 22.2 Å². The van der Waals surface area contributed by atoms with Crippen molar-refractivity contribution in [2.24, 2.45) is 0 Å².